The molecule has 4 nitrogen and oxygen atoms in total. The van der Waals surface area contributed by atoms with Crippen LogP contribution in [-0.2, 0) is 6.54 Å². The quantitative estimate of drug-likeness (QED) is 0.765. The largest absolute Gasteiger partial charge is 0.504 e. The molecule has 2 aliphatic heterocycles. The summed E-state index contributed by atoms with van der Waals surface area (Å²) in [6.07, 6.45) is 2.57. The second-order valence-corrected chi connectivity index (χ2v) is 7.59. The molecule has 6 heteroatoms. The highest BCUT2D eigenvalue weighted by molar-refractivity contribution is 5.85. The molecule has 0 bridgehead atoms. The minimum atomic E-state index is 0. The van der Waals surface area contributed by atoms with Crippen LogP contribution in [0.5, 0.6) is 11.5 Å². The van der Waals surface area contributed by atoms with Crippen LogP contribution in [0.3, 0.4) is 0 Å². The number of phenols is 1. The van der Waals surface area contributed by atoms with E-state index in [4.69, 9.17) is 4.74 Å². The molecule has 2 heterocycles. The molecular formula is C22H30Cl2N2O2. The predicted molar refractivity (Wildman–Crippen MR) is 119 cm³/mol. The molecule has 1 saturated heterocycles. The molecule has 4 rings (SSSR count). The van der Waals surface area contributed by atoms with Crippen molar-refractivity contribution in [3.8, 4) is 22.6 Å². The molecule has 2 aromatic rings. The zero-order valence-corrected chi connectivity index (χ0v) is 18.0. The average molecular weight is 425 g/mol. The van der Waals surface area contributed by atoms with Gasteiger partial charge in [0.15, 0.2) is 11.5 Å². The Hall–Kier alpha value is -1.46. The number of aromatic hydroxyl groups is 1. The number of halogens is 2. The fourth-order valence-electron chi connectivity index (χ4n) is 4.21. The summed E-state index contributed by atoms with van der Waals surface area (Å²) in [5.74, 6) is 1.62. The van der Waals surface area contributed by atoms with Gasteiger partial charge in [-0.05, 0) is 67.6 Å². The Kier molecular flexibility index (Phi) is 8.44. The van der Waals surface area contributed by atoms with Crippen LogP contribution in [0.1, 0.15) is 24.0 Å². The lowest BCUT2D eigenvalue weighted by atomic mass is 9.97. The first kappa shape index (κ1) is 22.8. The van der Waals surface area contributed by atoms with E-state index in [1.54, 1.807) is 0 Å². The third kappa shape index (κ3) is 5.12. The highest BCUT2D eigenvalue weighted by atomic mass is 35.5. The summed E-state index contributed by atoms with van der Waals surface area (Å²) in [7, 11) is 0. The normalized spacial score (nSPS) is 19.4. The van der Waals surface area contributed by atoms with E-state index in [2.05, 4.69) is 35.3 Å². The van der Waals surface area contributed by atoms with Crippen molar-refractivity contribution in [2.75, 3.05) is 32.8 Å². The first-order valence-corrected chi connectivity index (χ1v) is 9.68. The maximum atomic E-state index is 10.6. The number of phenolic OH excluding ortho intramolecular Hbond substituents is 1. The highest BCUT2D eigenvalue weighted by Gasteiger charge is 2.23. The van der Waals surface area contributed by atoms with Crippen LogP contribution >= 0.6 is 24.8 Å². The molecule has 2 N–H and O–H groups in total. The van der Waals surface area contributed by atoms with E-state index < -0.39 is 0 Å². The highest BCUT2D eigenvalue weighted by Crippen LogP contribution is 2.38. The van der Waals surface area contributed by atoms with E-state index in [9.17, 15) is 5.11 Å². The summed E-state index contributed by atoms with van der Waals surface area (Å²) < 4.78 is 5.91. The smallest absolute Gasteiger partial charge is 0.165 e. The maximum absolute atomic E-state index is 10.6. The molecule has 0 amide bonds. The zero-order valence-electron chi connectivity index (χ0n) is 16.3. The lowest BCUT2D eigenvalue weighted by Crippen LogP contribution is -2.38. The SMILES string of the molecule is Cc1ccccc1-c1cc(O)c2c(c1)CN(CC1CCCNC1)CCO2.Cl.Cl. The Bertz CT molecular complexity index is 779. The van der Waals surface area contributed by atoms with Crippen LogP contribution in [0.4, 0.5) is 0 Å². The first-order chi connectivity index (χ1) is 12.7. The molecule has 28 heavy (non-hydrogen) atoms. The number of fused-ring (bicyclic) bond motifs is 1. The minimum Gasteiger partial charge on any atom is -0.504 e. The third-order valence-corrected chi connectivity index (χ3v) is 5.57. The van der Waals surface area contributed by atoms with Gasteiger partial charge >= 0.3 is 0 Å². The van der Waals surface area contributed by atoms with Gasteiger partial charge in [-0.1, -0.05) is 24.3 Å². The third-order valence-electron chi connectivity index (χ3n) is 5.57. The molecule has 0 aromatic heterocycles. The summed E-state index contributed by atoms with van der Waals surface area (Å²) in [4.78, 5) is 2.48. The molecule has 0 saturated carbocycles. The van der Waals surface area contributed by atoms with Gasteiger partial charge in [-0.2, -0.15) is 0 Å². The van der Waals surface area contributed by atoms with Crippen molar-refractivity contribution < 1.29 is 9.84 Å². The first-order valence-electron chi connectivity index (χ1n) is 9.68. The molecular weight excluding hydrogens is 395 g/mol. The van der Waals surface area contributed by atoms with E-state index >= 15 is 0 Å². The second-order valence-electron chi connectivity index (χ2n) is 7.59. The summed E-state index contributed by atoms with van der Waals surface area (Å²) in [5.41, 5.74) is 4.53. The molecule has 2 aliphatic rings. The molecule has 0 radical (unpaired) electrons. The van der Waals surface area contributed by atoms with Crippen molar-refractivity contribution in [1.29, 1.82) is 0 Å². The van der Waals surface area contributed by atoms with Gasteiger partial charge in [0.05, 0.1) is 0 Å². The molecule has 154 valence electrons. The number of nitrogens with zero attached hydrogens (tertiary/aromatic N) is 1. The number of aryl methyl sites for hydroxylation is 1. The van der Waals surface area contributed by atoms with Gasteiger partial charge in [0.1, 0.15) is 6.61 Å². The van der Waals surface area contributed by atoms with Gasteiger partial charge in [-0.25, -0.2) is 0 Å². The average Bonchev–Trinajstić information content (AvgIpc) is 2.85. The van der Waals surface area contributed by atoms with Gasteiger partial charge in [0.2, 0.25) is 0 Å². The van der Waals surface area contributed by atoms with Crippen LogP contribution in [0, 0.1) is 12.8 Å². The van der Waals surface area contributed by atoms with Crippen LogP contribution in [0.25, 0.3) is 11.1 Å². The van der Waals surface area contributed by atoms with Crippen LogP contribution in [0.2, 0.25) is 0 Å². The summed E-state index contributed by atoms with van der Waals surface area (Å²) in [6, 6.07) is 12.3. The Labute approximate surface area is 180 Å². The van der Waals surface area contributed by atoms with Crippen molar-refractivity contribution in [1.82, 2.24) is 10.2 Å². The fourth-order valence-corrected chi connectivity index (χ4v) is 4.21. The van der Waals surface area contributed by atoms with Crippen LogP contribution in [0.15, 0.2) is 36.4 Å². The number of piperidine rings is 1. The Morgan fingerprint density at radius 1 is 1.21 bits per heavy atom. The number of hydrogen-bond donors (Lipinski definition) is 2. The van der Waals surface area contributed by atoms with Crippen molar-refractivity contribution in [3.05, 3.63) is 47.5 Å². The predicted octanol–water partition coefficient (Wildman–Crippen LogP) is 4.41. The van der Waals surface area contributed by atoms with Crippen LogP contribution in [-0.4, -0.2) is 42.8 Å². The van der Waals surface area contributed by atoms with Gasteiger partial charge in [0.25, 0.3) is 0 Å². The number of rotatable bonds is 3. The zero-order chi connectivity index (χ0) is 17.9. The lowest BCUT2D eigenvalue weighted by molar-refractivity contribution is 0.182. The van der Waals surface area contributed by atoms with E-state index in [0.717, 1.165) is 49.4 Å². The maximum Gasteiger partial charge on any atom is 0.165 e. The summed E-state index contributed by atoms with van der Waals surface area (Å²) in [5, 5.41) is 14.1. The number of hydrogen-bond acceptors (Lipinski definition) is 4. The van der Waals surface area contributed by atoms with E-state index in [1.807, 2.05) is 18.2 Å². The molecule has 1 unspecified atom stereocenters. The van der Waals surface area contributed by atoms with E-state index in [-0.39, 0.29) is 30.6 Å². The van der Waals surface area contributed by atoms with Gasteiger partial charge in [-0.15, -0.1) is 24.8 Å². The van der Waals surface area contributed by atoms with Crippen molar-refractivity contribution >= 4 is 24.8 Å². The van der Waals surface area contributed by atoms with Gasteiger partial charge < -0.3 is 15.2 Å². The van der Waals surface area contributed by atoms with E-state index in [0.29, 0.717) is 18.3 Å². The Balaban J connectivity index is 0.00000140. The van der Waals surface area contributed by atoms with Crippen molar-refractivity contribution in [3.63, 3.8) is 0 Å². The molecule has 2 aromatic carbocycles. The number of benzene rings is 2. The molecule has 0 spiro atoms. The summed E-state index contributed by atoms with van der Waals surface area (Å²) >= 11 is 0. The molecule has 0 aliphatic carbocycles. The number of ether oxygens (including phenoxy) is 1. The second kappa shape index (κ2) is 10.4. The Morgan fingerprint density at radius 2 is 2.04 bits per heavy atom. The standard InChI is InChI=1S/C22H28N2O2.2ClH/c1-16-5-2-3-7-20(16)18-11-19-15-24(14-17-6-4-8-23-13-17)9-10-26-22(19)21(25)12-18;;/h2-3,5,7,11-12,17,23,25H,4,6,8-10,13-15H2,1H3;2*1H. The minimum absolute atomic E-state index is 0. The van der Waals surface area contributed by atoms with Crippen LogP contribution < -0.4 is 10.1 Å². The topological polar surface area (TPSA) is 44.7 Å². The Morgan fingerprint density at radius 3 is 2.79 bits per heavy atom. The van der Waals surface area contributed by atoms with Crippen molar-refractivity contribution in [2.45, 2.75) is 26.3 Å². The molecule has 1 atom stereocenters. The van der Waals surface area contributed by atoms with Gasteiger partial charge in [-0.3, -0.25) is 4.90 Å². The van der Waals surface area contributed by atoms with Gasteiger partial charge in [0, 0.05) is 25.2 Å². The van der Waals surface area contributed by atoms with Crippen molar-refractivity contribution in [2.24, 2.45) is 5.92 Å². The monoisotopic (exact) mass is 424 g/mol. The molecule has 1 fully saturated rings. The van der Waals surface area contributed by atoms with E-state index in [1.165, 1.54) is 18.4 Å². The summed E-state index contributed by atoms with van der Waals surface area (Å²) in [6.45, 7) is 7.82. The fraction of sp³-hybridized carbons (Fsp3) is 0.455. The lowest BCUT2D eigenvalue weighted by Gasteiger charge is -2.29. The number of nitrogens with one attached hydrogen (secondary N) is 1.